The van der Waals surface area contributed by atoms with Crippen molar-refractivity contribution in [1.82, 2.24) is 0 Å². The van der Waals surface area contributed by atoms with Crippen molar-refractivity contribution in [2.45, 2.75) is 18.1 Å². The highest BCUT2D eigenvalue weighted by atomic mass is 19.4. The summed E-state index contributed by atoms with van der Waals surface area (Å²) in [6, 6.07) is -5.36. The molecule has 0 aromatic carbocycles. The molecule has 0 amide bonds. The maximum atomic E-state index is 11.7. The molecule has 2 nitrogen and oxygen atoms in total. The molecule has 0 rings (SSSR count). The van der Waals surface area contributed by atoms with Crippen LogP contribution >= 0.6 is 0 Å². The minimum Gasteiger partial charge on any atom is -0.349 e. The quantitative estimate of drug-likeness (QED) is 0.465. The smallest absolute Gasteiger partial charge is 0.349 e. The molecular formula is C3H3F6NO. The van der Waals surface area contributed by atoms with Gasteiger partial charge in [-0.3, -0.25) is 5.73 Å². The van der Waals surface area contributed by atoms with Crippen molar-refractivity contribution in [2.75, 3.05) is 0 Å². The second-order valence-corrected chi connectivity index (χ2v) is 1.74. The Bertz CT molecular complexity index is 129. The molecule has 3 N–H and O–H groups in total. The van der Waals surface area contributed by atoms with Gasteiger partial charge in [-0.05, 0) is 0 Å². The molecule has 0 fully saturated rings. The van der Waals surface area contributed by atoms with E-state index < -0.39 is 18.1 Å². The maximum Gasteiger partial charge on any atom is 0.456 e. The van der Waals surface area contributed by atoms with Crippen molar-refractivity contribution in [2.24, 2.45) is 5.73 Å². The van der Waals surface area contributed by atoms with Crippen LogP contribution in [0.1, 0.15) is 0 Å². The third-order valence-corrected chi connectivity index (χ3v) is 0.817. The van der Waals surface area contributed by atoms with Crippen LogP contribution in [0.2, 0.25) is 0 Å². The average Bonchev–Trinajstić information content (AvgIpc) is 1.58. The van der Waals surface area contributed by atoms with E-state index in [4.69, 9.17) is 5.11 Å². The molecule has 0 saturated heterocycles. The Labute approximate surface area is 56.6 Å². The van der Waals surface area contributed by atoms with Gasteiger partial charge in [0.25, 0.3) is 0 Å². The molecule has 0 radical (unpaired) electrons. The zero-order chi connectivity index (χ0) is 9.50. The topological polar surface area (TPSA) is 46.2 Å². The van der Waals surface area contributed by atoms with E-state index in [0.717, 1.165) is 0 Å². The van der Waals surface area contributed by atoms with E-state index in [9.17, 15) is 26.3 Å². The summed E-state index contributed by atoms with van der Waals surface area (Å²) >= 11 is 0. The first-order valence-electron chi connectivity index (χ1n) is 2.15. The van der Waals surface area contributed by atoms with Crippen molar-refractivity contribution in [3.63, 3.8) is 0 Å². The summed E-state index contributed by atoms with van der Waals surface area (Å²) in [5.41, 5.74) is 3.42. The van der Waals surface area contributed by atoms with Gasteiger partial charge < -0.3 is 5.11 Å². The van der Waals surface area contributed by atoms with Gasteiger partial charge in [-0.25, -0.2) is 0 Å². The van der Waals surface area contributed by atoms with E-state index in [1.165, 1.54) is 0 Å². The lowest BCUT2D eigenvalue weighted by Gasteiger charge is -2.26. The molecule has 0 heterocycles. The molecule has 0 aromatic heterocycles. The summed E-state index contributed by atoms with van der Waals surface area (Å²) in [5, 5.41) is 7.52. The highest BCUT2D eigenvalue weighted by Gasteiger charge is 2.69. The first-order chi connectivity index (χ1) is 4.50. The lowest BCUT2D eigenvalue weighted by atomic mass is 10.2. The zero-order valence-corrected chi connectivity index (χ0v) is 4.79. The number of halogens is 6. The van der Waals surface area contributed by atoms with E-state index in [1.54, 1.807) is 0 Å². The number of aliphatic hydroxyl groups is 1. The monoisotopic (exact) mass is 183 g/mol. The van der Waals surface area contributed by atoms with Gasteiger partial charge in [0.2, 0.25) is 0 Å². The lowest BCUT2D eigenvalue weighted by Crippen LogP contribution is -2.60. The van der Waals surface area contributed by atoms with Crippen LogP contribution in [-0.2, 0) is 0 Å². The second-order valence-electron chi connectivity index (χ2n) is 1.74. The third kappa shape index (κ3) is 1.74. The fourth-order valence-corrected chi connectivity index (χ4v) is 0.189. The van der Waals surface area contributed by atoms with E-state index in [1.807, 2.05) is 0 Å². The fourth-order valence-electron chi connectivity index (χ4n) is 0.189. The predicted molar refractivity (Wildman–Crippen MR) is 21.2 cm³/mol. The Morgan fingerprint density at radius 1 is 0.909 bits per heavy atom. The van der Waals surface area contributed by atoms with Gasteiger partial charge in [-0.2, -0.15) is 26.3 Å². The highest BCUT2D eigenvalue weighted by molar-refractivity contribution is 4.85. The van der Waals surface area contributed by atoms with Gasteiger partial charge in [-0.15, -0.1) is 0 Å². The number of hydrogen-bond acceptors (Lipinski definition) is 2. The third-order valence-electron chi connectivity index (χ3n) is 0.817. The molecule has 68 valence electrons. The molecular weight excluding hydrogens is 180 g/mol. The average molecular weight is 183 g/mol. The summed E-state index contributed by atoms with van der Waals surface area (Å²) in [6.07, 6.45) is -6.11. The highest BCUT2D eigenvalue weighted by Crippen LogP contribution is 2.39. The standard InChI is InChI=1S/C3H3F6NO/c4-1(11,2(5,6)7)3(8,9)10/h11H,10H2. The largest absolute Gasteiger partial charge is 0.456 e. The van der Waals surface area contributed by atoms with Crippen LogP contribution in [-0.4, -0.2) is 23.2 Å². The molecule has 0 bridgehead atoms. The van der Waals surface area contributed by atoms with Gasteiger partial charge in [0.05, 0.1) is 0 Å². The second kappa shape index (κ2) is 2.24. The summed E-state index contributed by atoms with van der Waals surface area (Å²) in [6.45, 7) is 0. The molecule has 0 aromatic rings. The zero-order valence-electron chi connectivity index (χ0n) is 4.79. The van der Waals surface area contributed by atoms with E-state index >= 15 is 0 Å². The Balaban J connectivity index is 4.75. The molecule has 0 spiro atoms. The van der Waals surface area contributed by atoms with Crippen LogP contribution in [0, 0.1) is 0 Å². The van der Waals surface area contributed by atoms with E-state index in [0.29, 0.717) is 0 Å². The van der Waals surface area contributed by atoms with Crippen molar-refractivity contribution in [1.29, 1.82) is 0 Å². The van der Waals surface area contributed by atoms with Gasteiger partial charge in [0, 0.05) is 0 Å². The molecule has 0 aliphatic carbocycles. The Morgan fingerprint density at radius 3 is 1.18 bits per heavy atom. The number of rotatable bonds is 1. The van der Waals surface area contributed by atoms with Crippen LogP contribution in [0.3, 0.4) is 0 Å². The van der Waals surface area contributed by atoms with Gasteiger partial charge >= 0.3 is 18.1 Å². The molecule has 8 heteroatoms. The minimum atomic E-state index is -6.11. The number of hydrogen-bond donors (Lipinski definition) is 2. The lowest BCUT2D eigenvalue weighted by molar-refractivity contribution is -0.384. The Morgan fingerprint density at radius 2 is 1.18 bits per heavy atom. The van der Waals surface area contributed by atoms with Crippen molar-refractivity contribution in [3.8, 4) is 0 Å². The first kappa shape index (κ1) is 10.5. The van der Waals surface area contributed by atoms with Crippen LogP contribution in [0.4, 0.5) is 26.3 Å². The molecule has 11 heavy (non-hydrogen) atoms. The fraction of sp³-hybridized carbons (Fsp3) is 1.00. The molecule has 0 aliphatic heterocycles. The van der Waals surface area contributed by atoms with Crippen LogP contribution in [0.25, 0.3) is 0 Å². The van der Waals surface area contributed by atoms with Gasteiger partial charge in [-0.1, -0.05) is 0 Å². The minimum absolute atomic E-state index is 3.42. The van der Waals surface area contributed by atoms with Crippen molar-refractivity contribution >= 4 is 0 Å². The van der Waals surface area contributed by atoms with Crippen molar-refractivity contribution in [3.05, 3.63) is 0 Å². The molecule has 0 saturated carbocycles. The predicted octanol–water partition coefficient (Wildman–Crippen LogP) is 0.758. The van der Waals surface area contributed by atoms with Crippen LogP contribution in [0.5, 0.6) is 0 Å². The van der Waals surface area contributed by atoms with Crippen LogP contribution in [0.15, 0.2) is 0 Å². The summed E-state index contributed by atoms with van der Waals surface area (Å²) in [5.74, 6) is -5.68. The molecule has 1 atom stereocenters. The summed E-state index contributed by atoms with van der Waals surface area (Å²) in [4.78, 5) is 0. The molecule has 1 unspecified atom stereocenters. The van der Waals surface area contributed by atoms with Gasteiger partial charge in [0.15, 0.2) is 0 Å². The summed E-state index contributed by atoms with van der Waals surface area (Å²) < 4.78 is 68.0. The van der Waals surface area contributed by atoms with Crippen molar-refractivity contribution < 1.29 is 31.4 Å². The number of nitrogens with two attached hydrogens (primary N) is 1. The molecule has 0 aliphatic rings. The SMILES string of the molecule is NC(F)(F)C(O)(F)C(F)(F)F. The van der Waals surface area contributed by atoms with Crippen LogP contribution < -0.4 is 5.73 Å². The summed E-state index contributed by atoms with van der Waals surface area (Å²) in [7, 11) is 0. The Hall–Kier alpha value is -0.500. The first-order valence-corrected chi connectivity index (χ1v) is 2.15. The normalized spacial score (nSPS) is 19.6. The number of alkyl halides is 6. The van der Waals surface area contributed by atoms with Gasteiger partial charge in [0.1, 0.15) is 0 Å². The Kier molecular flexibility index (Phi) is 2.14. The van der Waals surface area contributed by atoms with E-state index in [-0.39, 0.29) is 0 Å². The maximum absolute atomic E-state index is 11.7. The van der Waals surface area contributed by atoms with E-state index in [2.05, 4.69) is 5.73 Å².